The van der Waals surface area contributed by atoms with Gasteiger partial charge in [-0.1, -0.05) is 0 Å². The number of hydrogen-bond acceptors (Lipinski definition) is 5. The molecule has 3 heterocycles. The predicted octanol–water partition coefficient (Wildman–Crippen LogP) is 1.40. The third-order valence-electron chi connectivity index (χ3n) is 6.20. The van der Waals surface area contributed by atoms with Crippen molar-refractivity contribution < 1.29 is 14.6 Å². The molecule has 0 aromatic carbocycles. The first-order chi connectivity index (χ1) is 12.2. The number of rotatable bonds is 3. The standard InChI is InChI=1S/C19H27N3O3/c1-25-18-5-4-13(10-20-18)19(24)22-11-14-8-16(21-6-2-3-7-21)17(23)9-15(14)12-22/h4-5,10,14-17,23H,2-3,6-9,11-12H2,1H3/t14-,15+,16-,17-/m1/s1. The van der Waals surface area contributed by atoms with Gasteiger partial charge in [-0.2, -0.15) is 0 Å². The number of likely N-dealkylation sites (tertiary alicyclic amines) is 2. The van der Waals surface area contributed by atoms with Gasteiger partial charge in [0.25, 0.3) is 5.91 Å². The molecule has 3 aliphatic rings. The molecule has 1 aromatic heterocycles. The molecule has 1 amide bonds. The summed E-state index contributed by atoms with van der Waals surface area (Å²) in [4.78, 5) is 21.3. The zero-order valence-corrected chi connectivity index (χ0v) is 14.8. The molecule has 1 N–H and O–H groups in total. The number of pyridine rings is 1. The van der Waals surface area contributed by atoms with E-state index in [1.165, 1.54) is 12.8 Å². The van der Waals surface area contributed by atoms with Crippen molar-refractivity contribution in [2.75, 3.05) is 33.3 Å². The van der Waals surface area contributed by atoms with Gasteiger partial charge in [0, 0.05) is 31.4 Å². The lowest BCUT2D eigenvalue weighted by Crippen LogP contribution is -2.48. The third-order valence-corrected chi connectivity index (χ3v) is 6.20. The van der Waals surface area contributed by atoms with Gasteiger partial charge >= 0.3 is 0 Å². The summed E-state index contributed by atoms with van der Waals surface area (Å²) in [6.45, 7) is 3.77. The fraction of sp³-hybridized carbons (Fsp3) is 0.684. The molecule has 6 nitrogen and oxygen atoms in total. The Morgan fingerprint density at radius 3 is 2.56 bits per heavy atom. The van der Waals surface area contributed by atoms with E-state index in [1.807, 2.05) is 4.90 Å². The number of hydrogen-bond donors (Lipinski definition) is 1. The molecule has 0 radical (unpaired) electrons. The number of aliphatic hydroxyl groups excluding tert-OH is 1. The van der Waals surface area contributed by atoms with E-state index in [0.29, 0.717) is 23.3 Å². The quantitative estimate of drug-likeness (QED) is 0.897. The van der Waals surface area contributed by atoms with Crippen LogP contribution in [0.5, 0.6) is 5.88 Å². The van der Waals surface area contributed by atoms with Gasteiger partial charge in [-0.25, -0.2) is 4.98 Å². The molecule has 1 aromatic rings. The molecule has 0 bridgehead atoms. The van der Waals surface area contributed by atoms with Crippen LogP contribution in [0.15, 0.2) is 18.3 Å². The molecule has 6 heteroatoms. The van der Waals surface area contributed by atoms with Crippen LogP contribution >= 0.6 is 0 Å². The normalized spacial score (nSPS) is 32.6. The summed E-state index contributed by atoms with van der Waals surface area (Å²) < 4.78 is 5.06. The summed E-state index contributed by atoms with van der Waals surface area (Å²) in [7, 11) is 1.57. The second-order valence-electron chi connectivity index (χ2n) is 7.67. The fourth-order valence-corrected chi connectivity index (χ4v) is 4.85. The van der Waals surface area contributed by atoms with Crippen molar-refractivity contribution in [1.82, 2.24) is 14.8 Å². The van der Waals surface area contributed by atoms with Crippen molar-refractivity contribution in [3.8, 4) is 5.88 Å². The zero-order chi connectivity index (χ0) is 17.4. The van der Waals surface area contributed by atoms with Crippen LogP contribution in [-0.2, 0) is 0 Å². The first-order valence-corrected chi connectivity index (χ1v) is 9.37. The van der Waals surface area contributed by atoms with Crippen molar-refractivity contribution in [1.29, 1.82) is 0 Å². The van der Waals surface area contributed by atoms with E-state index in [4.69, 9.17) is 4.74 Å². The molecular formula is C19H27N3O3. The van der Waals surface area contributed by atoms with Gasteiger partial charge in [0.15, 0.2) is 0 Å². The maximum Gasteiger partial charge on any atom is 0.255 e. The van der Waals surface area contributed by atoms with Crippen molar-refractivity contribution in [2.24, 2.45) is 11.8 Å². The van der Waals surface area contributed by atoms with Gasteiger partial charge in [-0.3, -0.25) is 9.69 Å². The van der Waals surface area contributed by atoms with E-state index in [2.05, 4.69) is 9.88 Å². The molecule has 4 atom stereocenters. The highest BCUT2D eigenvalue weighted by atomic mass is 16.5. The summed E-state index contributed by atoms with van der Waals surface area (Å²) in [5.74, 6) is 1.48. The number of aliphatic hydroxyl groups is 1. The third kappa shape index (κ3) is 3.25. The molecule has 1 saturated carbocycles. The molecule has 3 fully saturated rings. The fourth-order valence-electron chi connectivity index (χ4n) is 4.85. The van der Waals surface area contributed by atoms with E-state index in [1.54, 1.807) is 25.4 Å². The van der Waals surface area contributed by atoms with E-state index in [-0.39, 0.29) is 18.1 Å². The molecule has 2 saturated heterocycles. The smallest absolute Gasteiger partial charge is 0.255 e. The molecule has 0 unspecified atom stereocenters. The lowest BCUT2D eigenvalue weighted by Gasteiger charge is -2.40. The topological polar surface area (TPSA) is 65.9 Å². The van der Waals surface area contributed by atoms with Crippen molar-refractivity contribution >= 4 is 5.91 Å². The van der Waals surface area contributed by atoms with Crippen LogP contribution in [-0.4, -0.2) is 71.2 Å². The van der Waals surface area contributed by atoms with Crippen molar-refractivity contribution in [3.63, 3.8) is 0 Å². The largest absolute Gasteiger partial charge is 0.481 e. The maximum absolute atomic E-state index is 12.8. The Morgan fingerprint density at radius 2 is 1.92 bits per heavy atom. The second kappa shape index (κ2) is 6.92. The number of aromatic nitrogens is 1. The Bertz CT molecular complexity index is 615. The summed E-state index contributed by atoms with van der Waals surface area (Å²) in [6.07, 6.45) is 5.65. The molecule has 4 rings (SSSR count). The van der Waals surface area contributed by atoms with Crippen molar-refractivity contribution in [2.45, 2.75) is 37.8 Å². The molecule has 2 aliphatic heterocycles. The SMILES string of the molecule is COc1ccc(C(=O)N2C[C@H]3C[C@@H](N4CCCC4)[C@H](O)C[C@H]3C2)cn1. The first kappa shape index (κ1) is 16.8. The predicted molar refractivity (Wildman–Crippen MR) is 93.5 cm³/mol. The minimum absolute atomic E-state index is 0.0387. The van der Waals surface area contributed by atoms with Crippen LogP contribution < -0.4 is 4.74 Å². The van der Waals surface area contributed by atoms with Gasteiger partial charge in [0.2, 0.25) is 5.88 Å². The van der Waals surface area contributed by atoms with Gasteiger partial charge < -0.3 is 14.7 Å². The summed E-state index contributed by atoms with van der Waals surface area (Å²) in [6, 6.07) is 3.78. The number of ether oxygens (including phenoxy) is 1. The Hall–Kier alpha value is -1.66. The van der Waals surface area contributed by atoms with Gasteiger partial charge in [-0.15, -0.1) is 0 Å². The van der Waals surface area contributed by atoms with Gasteiger partial charge in [-0.05, 0) is 56.7 Å². The highest BCUT2D eigenvalue weighted by Gasteiger charge is 2.44. The van der Waals surface area contributed by atoms with E-state index in [9.17, 15) is 9.90 Å². The first-order valence-electron chi connectivity index (χ1n) is 9.37. The summed E-state index contributed by atoms with van der Waals surface area (Å²) in [5, 5.41) is 10.6. The van der Waals surface area contributed by atoms with Crippen LogP contribution in [0.25, 0.3) is 0 Å². The monoisotopic (exact) mass is 345 g/mol. The molecule has 1 aliphatic carbocycles. The lowest BCUT2D eigenvalue weighted by atomic mass is 9.77. The molecule has 25 heavy (non-hydrogen) atoms. The average Bonchev–Trinajstić information content (AvgIpc) is 3.29. The summed E-state index contributed by atoms with van der Waals surface area (Å²) >= 11 is 0. The zero-order valence-electron chi connectivity index (χ0n) is 14.8. The summed E-state index contributed by atoms with van der Waals surface area (Å²) in [5.41, 5.74) is 0.607. The highest BCUT2D eigenvalue weighted by molar-refractivity contribution is 5.94. The molecule has 0 spiro atoms. The van der Waals surface area contributed by atoms with Crippen LogP contribution in [0.3, 0.4) is 0 Å². The minimum Gasteiger partial charge on any atom is -0.481 e. The van der Waals surface area contributed by atoms with Gasteiger partial charge in [0.1, 0.15) is 0 Å². The lowest BCUT2D eigenvalue weighted by molar-refractivity contribution is -0.000864. The average molecular weight is 345 g/mol. The highest BCUT2D eigenvalue weighted by Crippen LogP contribution is 2.39. The van der Waals surface area contributed by atoms with Crippen LogP contribution in [0.4, 0.5) is 0 Å². The van der Waals surface area contributed by atoms with Crippen LogP contribution in [0.2, 0.25) is 0 Å². The number of methoxy groups -OCH3 is 1. The number of carbonyl (C=O) groups is 1. The second-order valence-corrected chi connectivity index (χ2v) is 7.67. The Morgan fingerprint density at radius 1 is 1.20 bits per heavy atom. The Labute approximate surface area is 148 Å². The van der Waals surface area contributed by atoms with E-state index >= 15 is 0 Å². The van der Waals surface area contributed by atoms with E-state index < -0.39 is 0 Å². The number of amides is 1. The number of nitrogens with zero attached hydrogens (tertiary/aromatic N) is 3. The van der Waals surface area contributed by atoms with Gasteiger partial charge in [0.05, 0.1) is 18.8 Å². The van der Waals surface area contributed by atoms with Crippen LogP contribution in [0.1, 0.15) is 36.0 Å². The maximum atomic E-state index is 12.8. The Balaban J connectivity index is 1.42. The minimum atomic E-state index is -0.253. The van der Waals surface area contributed by atoms with Crippen molar-refractivity contribution in [3.05, 3.63) is 23.9 Å². The number of carbonyl (C=O) groups excluding carboxylic acids is 1. The number of fused-ring (bicyclic) bond motifs is 1. The van der Waals surface area contributed by atoms with E-state index in [0.717, 1.165) is 39.0 Å². The molecule has 136 valence electrons. The van der Waals surface area contributed by atoms with Crippen LogP contribution in [0, 0.1) is 11.8 Å². The Kier molecular flexibility index (Phi) is 4.65. The molecular weight excluding hydrogens is 318 g/mol.